The van der Waals surface area contributed by atoms with Gasteiger partial charge >= 0.3 is 6.18 Å². The Morgan fingerprint density at radius 1 is 0.382 bits per heavy atom. The summed E-state index contributed by atoms with van der Waals surface area (Å²) >= 11 is 1.59. The van der Waals surface area contributed by atoms with Gasteiger partial charge in [-0.25, -0.2) is 0 Å². The highest BCUT2D eigenvalue weighted by Gasteiger charge is 2.34. The molecule has 0 aliphatic rings. The number of alkyl halides is 3. The molecule has 0 unspecified atom stereocenters. The first-order valence-electron chi connectivity index (χ1n) is 18.5. The molecular weight excluding hydrogens is 702 g/mol. The molecule has 264 valence electrons. The Morgan fingerprint density at radius 3 is 1.42 bits per heavy atom. The molecule has 0 aliphatic carbocycles. The molecule has 10 rings (SSSR count). The lowest BCUT2D eigenvalue weighted by Crippen LogP contribution is -2.07. The van der Waals surface area contributed by atoms with Gasteiger partial charge in [-0.05, 0) is 108 Å². The first-order valence-corrected chi connectivity index (χ1v) is 19.4. The van der Waals surface area contributed by atoms with E-state index in [1.165, 1.54) is 43.9 Å². The van der Waals surface area contributed by atoms with E-state index in [1.54, 1.807) is 17.4 Å². The first-order chi connectivity index (χ1) is 26.9. The molecule has 0 saturated heterocycles. The van der Waals surface area contributed by atoms with Crippen molar-refractivity contribution in [2.75, 3.05) is 0 Å². The average Bonchev–Trinajstić information content (AvgIpc) is 3.63. The summed E-state index contributed by atoms with van der Waals surface area (Å²) < 4.78 is 46.9. The van der Waals surface area contributed by atoms with Gasteiger partial charge in [0, 0.05) is 25.7 Å². The zero-order valence-electron chi connectivity index (χ0n) is 29.9. The molecule has 1 heterocycles. The Balaban J connectivity index is 1.05. The summed E-state index contributed by atoms with van der Waals surface area (Å²) in [4.78, 5) is 0. The van der Waals surface area contributed by atoms with Crippen LogP contribution in [0.25, 0.3) is 97.0 Å². The van der Waals surface area contributed by atoms with Gasteiger partial charge in [0.2, 0.25) is 0 Å². The van der Waals surface area contributed by atoms with Crippen LogP contribution in [-0.4, -0.2) is 0 Å². The van der Waals surface area contributed by atoms with E-state index in [0.29, 0.717) is 11.1 Å². The van der Waals surface area contributed by atoms with Gasteiger partial charge in [-0.1, -0.05) is 153 Å². The first kappa shape index (κ1) is 33.3. The van der Waals surface area contributed by atoms with Gasteiger partial charge in [0.1, 0.15) is 0 Å². The lowest BCUT2D eigenvalue weighted by atomic mass is 9.91. The van der Waals surface area contributed by atoms with Crippen molar-refractivity contribution in [1.29, 1.82) is 0 Å². The molecule has 0 fully saturated rings. The van der Waals surface area contributed by atoms with Crippen LogP contribution in [0, 0.1) is 0 Å². The Morgan fingerprint density at radius 2 is 0.836 bits per heavy atom. The monoisotopic (exact) mass is 734 g/mol. The van der Waals surface area contributed by atoms with Crippen molar-refractivity contribution in [2.24, 2.45) is 0 Å². The number of aryl methyl sites for hydroxylation is 1. The number of fused-ring (bicyclic) bond motifs is 9. The van der Waals surface area contributed by atoms with Crippen molar-refractivity contribution >= 4 is 63.8 Å². The third kappa shape index (κ3) is 5.59. The van der Waals surface area contributed by atoms with Gasteiger partial charge in [-0.3, -0.25) is 0 Å². The van der Waals surface area contributed by atoms with Crippen molar-refractivity contribution < 1.29 is 13.2 Å². The highest BCUT2D eigenvalue weighted by atomic mass is 32.1. The number of thiophene rings is 1. The van der Waals surface area contributed by atoms with E-state index in [0.717, 1.165) is 54.4 Å². The maximum absolute atomic E-state index is 15.0. The largest absolute Gasteiger partial charge is 0.417 e. The second-order valence-electron chi connectivity index (χ2n) is 14.2. The molecule has 0 bridgehead atoms. The highest BCUT2D eigenvalue weighted by Crippen LogP contribution is 2.46. The zero-order chi connectivity index (χ0) is 37.3. The normalized spacial score (nSPS) is 12.1. The molecule has 10 aromatic rings. The lowest BCUT2D eigenvalue weighted by molar-refractivity contribution is -0.137. The van der Waals surface area contributed by atoms with Crippen LogP contribution in [-0.2, 0) is 12.6 Å². The van der Waals surface area contributed by atoms with Crippen LogP contribution < -0.4 is 0 Å². The molecule has 4 heteroatoms. The summed E-state index contributed by atoms with van der Waals surface area (Å²) in [6.07, 6.45) is -3.67. The van der Waals surface area contributed by atoms with E-state index in [-0.39, 0.29) is 5.56 Å². The molecule has 0 radical (unpaired) electrons. The number of hydrogen-bond donors (Lipinski definition) is 0. The molecule has 0 atom stereocenters. The maximum atomic E-state index is 15.0. The van der Waals surface area contributed by atoms with E-state index in [4.69, 9.17) is 0 Å². The molecule has 0 N–H and O–H groups in total. The summed E-state index contributed by atoms with van der Waals surface area (Å²) in [6, 6.07) is 56.8. The molecule has 0 saturated carbocycles. The molecule has 0 aliphatic heterocycles. The second kappa shape index (κ2) is 13.0. The molecule has 0 amide bonds. The third-order valence-electron chi connectivity index (χ3n) is 11.1. The molecule has 1 aromatic heterocycles. The number of hydrogen-bond acceptors (Lipinski definition) is 1. The number of rotatable bonds is 5. The fraction of sp³-hybridized carbons (Fsp3) is 0.0588. The van der Waals surface area contributed by atoms with Crippen LogP contribution in [0.4, 0.5) is 13.2 Å². The minimum Gasteiger partial charge on any atom is -0.166 e. The molecule has 55 heavy (non-hydrogen) atoms. The van der Waals surface area contributed by atoms with E-state index < -0.39 is 11.7 Å². The third-order valence-corrected chi connectivity index (χ3v) is 12.4. The van der Waals surface area contributed by atoms with Crippen molar-refractivity contribution in [3.8, 4) is 44.5 Å². The SMILES string of the molecule is CCc1cccc2c1sc1c(-c3ccc(-c4cccc(-c5cccc(-c6ccc7c8ccccc8c8ccccc8c7c6)c5)c4)cc3C(F)(F)F)cccc12. The second-order valence-corrected chi connectivity index (χ2v) is 15.2. The van der Waals surface area contributed by atoms with Crippen molar-refractivity contribution in [3.05, 3.63) is 181 Å². The predicted octanol–water partition coefficient (Wildman–Crippen LogP) is 15.8. The maximum Gasteiger partial charge on any atom is 0.417 e. The fourth-order valence-electron chi connectivity index (χ4n) is 8.41. The van der Waals surface area contributed by atoms with Gasteiger partial charge in [-0.2, -0.15) is 13.2 Å². The Bertz CT molecular complexity index is 3090. The van der Waals surface area contributed by atoms with E-state index >= 15 is 0 Å². The molecule has 0 spiro atoms. The minimum atomic E-state index is -4.54. The van der Waals surface area contributed by atoms with E-state index in [2.05, 4.69) is 110 Å². The molecular formula is C51H33F3S. The number of benzene rings is 9. The summed E-state index contributed by atoms with van der Waals surface area (Å²) in [5, 5.41) is 9.44. The summed E-state index contributed by atoms with van der Waals surface area (Å²) in [6.45, 7) is 2.11. The van der Waals surface area contributed by atoms with Gasteiger partial charge in [0.25, 0.3) is 0 Å². The van der Waals surface area contributed by atoms with Gasteiger partial charge in [-0.15, -0.1) is 11.3 Å². The highest BCUT2D eigenvalue weighted by molar-refractivity contribution is 7.26. The Labute approximate surface area is 320 Å². The molecule has 9 aromatic carbocycles. The zero-order valence-corrected chi connectivity index (χ0v) is 30.7. The smallest absolute Gasteiger partial charge is 0.166 e. The van der Waals surface area contributed by atoms with Crippen molar-refractivity contribution in [3.63, 3.8) is 0 Å². The van der Waals surface area contributed by atoms with Crippen LogP contribution in [0.3, 0.4) is 0 Å². The summed E-state index contributed by atoms with van der Waals surface area (Å²) in [5.74, 6) is 0. The van der Waals surface area contributed by atoms with Crippen LogP contribution >= 0.6 is 11.3 Å². The Kier molecular flexibility index (Phi) is 7.86. The number of halogens is 3. The van der Waals surface area contributed by atoms with Crippen LogP contribution in [0.5, 0.6) is 0 Å². The summed E-state index contributed by atoms with van der Waals surface area (Å²) in [5.41, 5.74) is 6.77. The topological polar surface area (TPSA) is 0 Å². The minimum absolute atomic E-state index is 0.200. The lowest BCUT2D eigenvalue weighted by Gasteiger charge is -2.16. The van der Waals surface area contributed by atoms with Crippen LogP contribution in [0.2, 0.25) is 0 Å². The molecule has 0 nitrogen and oxygen atoms in total. The predicted molar refractivity (Wildman–Crippen MR) is 228 cm³/mol. The quantitative estimate of drug-likeness (QED) is 0.154. The standard InChI is InChI=1S/C51H33F3S/c1-2-31-11-9-20-45-46-22-10-21-44(50(46)55-49(31)45)43-26-24-37(30-48(43)51(52,53)54)35-15-8-13-33(28-35)32-12-7-14-34(27-32)36-23-25-42-40-18-4-3-16-38(40)39-17-5-6-19-41(39)47(42)29-36/h3-30H,2H2,1H3. The summed E-state index contributed by atoms with van der Waals surface area (Å²) in [7, 11) is 0. The van der Waals surface area contributed by atoms with Gasteiger partial charge in [0.05, 0.1) is 5.56 Å². The van der Waals surface area contributed by atoms with Gasteiger partial charge in [0.15, 0.2) is 0 Å². The van der Waals surface area contributed by atoms with E-state index in [1.807, 2.05) is 54.6 Å². The fourth-order valence-corrected chi connectivity index (χ4v) is 9.82. The van der Waals surface area contributed by atoms with Crippen LogP contribution in [0.1, 0.15) is 18.1 Å². The van der Waals surface area contributed by atoms with Crippen molar-refractivity contribution in [1.82, 2.24) is 0 Å². The van der Waals surface area contributed by atoms with E-state index in [9.17, 15) is 13.2 Å². The Hall–Kier alpha value is -6.23. The van der Waals surface area contributed by atoms with Gasteiger partial charge < -0.3 is 0 Å². The van der Waals surface area contributed by atoms with Crippen molar-refractivity contribution in [2.45, 2.75) is 19.5 Å². The van der Waals surface area contributed by atoms with Crippen LogP contribution in [0.15, 0.2) is 170 Å². The average molecular weight is 735 g/mol.